The number of halogens is 6. The summed E-state index contributed by atoms with van der Waals surface area (Å²) >= 11 is 0. The van der Waals surface area contributed by atoms with E-state index in [1.165, 1.54) is 6.92 Å². The van der Waals surface area contributed by atoms with Gasteiger partial charge in [0.2, 0.25) is 0 Å². The molecule has 1 heterocycles. The zero-order valence-electron chi connectivity index (χ0n) is 9.89. The minimum Gasteiger partial charge on any atom is -0.462 e. The first-order chi connectivity index (χ1) is 9.00. The molecule has 0 aliphatic rings. The highest BCUT2D eigenvalue weighted by Gasteiger charge is 2.43. The van der Waals surface area contributed by atoms with Crippen LogP contribution in [0.4, 0.5) is 32.0 Å². The third-order valence-corrected chi connectivity index (χ3v) is 2.17. The van der Waals surface area contributed by atoms with Gasteiger partial charge in [-0.25, -0.2) is 4.79 Å². The number of alkyl halides is 6. The zero-order valence-corrected chi connectivity index (χ0v) is 9.89. The molecule has 0 saturated heterocycles. The van der Waals surface area contributed by atoms with Gasteiger partial charge in [0.15, 0.2) is 5.69 Å². The van der Waals surface area contributed by atoms with E-state index in [0.717, 1.165) is 0 Å². The predicted octanol–water partition coefficient (Wildman–Crippen LogP) is 2.88. The number of hydrogen-bond donors (Lipinski definition) is 1. The normalized spacial score (nSPS) is 12.3. The maximum atomic E-state index is 12.7. The lowest BCUT2D eigenvalue weighted by atomic mass is 10.1. The van der Waals surface area contributed by atoms with Gasteiger partial charge in [0.05, 0.1) is 17.9 Å². The molecule has 0 unspecified atom stereocenters. The van der Waals surface area contributed by atoms with Gasteiger partial charge in [-0.1, -0.05) is 0 Å². The monoisotopic (exact) mass is 302 g/mol. The van der Waals surface area contributed by atoms with E-state index in [0.29, 0.717) is 0 Å². The van der Waals surface area contributed by atoms with Gasteiger partial charge in [-0.2, -0.15) is 26.3 Å². The Bertz CT molecular complexity index is 524. The lowest BCUT2D eigenvalue weighted by molar-refractivity contribution is -0.144. The van der Waals surface area contributed by atoms with Crippen molar-refractivity contribution in [2.75, 3.05) is 12.3 Å². The topological polar surface area (TPSA) is 65.2 Å². The molecule has 112 valence electrons. The van der Waals surface area contributed by atoms with Crippen LogP contribution in [0.3, 0.4) is 0 Å². The molecule has 1 rings (SSSR count). The van der Waals surface area contributed by atoms with Gasteiger partial charge in [0, 0.05) is 6.20 Å². The van der Waals surface area contributed by atoms with Gasteiger partial charge in [0.1, 0.15) is 5.56 Å². The second-order valence-corrected chi connectivity index (χ2v) is 3.53. The number of rotatable bonds is 2. The molecule has 1 aromatic rings. The number of carbonyl (C=O) groups is 1. The smallest absolute Gasteiger partial charge is 0.434 e. The van der Waals surface area contributed by atoms with Crippen molar-refractivity contribution >= 4 is 11.7 Å². The maximum absolute atomic E-state index is 12.7. The summed E-state index contributed by atoms with van der Waals surface area (Å²) in [5.74, 6) is -1.61. The molecular formula is C10H8F6N2O2. The summed E-state index contributed by atoms with van der Waals surface area (Å²) in [6, 6.07) is 0. The molecule has 20 heavy (non-hydrogen) atoms. The average Bonchev–Trinajstić information content (AvgIpc) is 2.25. The molecule has 1 aromatic heterocycles. The Morgan fingerprint density at radius 3 is 2.20 bits per heavy atom. The number of carbonyl (C=O) groups excluding carboxylic acids is 1. The fourth-order valence-electron chi connectivity index (χ4n) is 1.38. The Kier molecular flexibility index (Phi) is 4.15. The number of hydrogen-bond acceptors (Lipinski definition) is 4. The molecule has 0 amide bonds. The van der Waals surface area contributed by atoms with Gasteiger partial charge in [-0.05, 0) is 6.92 Å². The molecule has 4 nitrogen and oxygen atoms in total. The van der Waals surface area contributed by atoms with Crippen LogP contribution in [0.25, 0.3) is 0 Å². The highest BCUT2D eigenvalue weighted by molar-refractivity contribution is 5.97. The second kappa shape index (κ2) is 5.17. The van der Waals surface area contributed by atoms with Crippen molar-refractivity contribution in [3.8, 4) is 0 Å². The summed E-state index contributed by atoms with van der Waals surface area (Å²) < 4.78 is 79.9. The van der Waals surface area contributed by atoms with E-state index in [1.807, 2.05) is 0 Å². The van der Waals surface area contributed by atoms with Crippen LogP contribution in [0.5, 0.6) is 0 Å². The lowest BCUT2D eigenvalue weighted by Gasteiger charge is -2.17. The van der Waals surface area contributed by atoms with Crippen LogP contribution < -0.4 is 5.73 Å². The van der Waals surface area contributed by atoms with Gasteiger partial charge in [-0.15, -0.1) is 0 Å². The van der Waals surface area contributed by atoms with Crippen molar-refractivity contribution in [1.29, 1.82) is 0 Å². The van der Waals surface area contributed by atoms with Crippen LogP contribution >= 0.6 is 0 Å². The lowest BCUT2D eigenvalue weighted by Crippen LogP contribution is -2.22. The van der Waals surface area contributed by atoms with Crippen LogP contribution in [-0.2, 0) is 17.1 Å². The SMILES string of the molecule is CCOC(=O)c1c(C(F)(F)F)ncc(C(F)(F)F)c1N. The fourth-order valence-corrected chi connectivity index (χ4v) is 1.38. The number of nitrogens with zero attached hydrogens (tertiary/aromatic N) is 1. The number of anilines is 1. The molecule has 0 radical (unpaired) electrons. The molecule has 0 aromatic carbocycles. The predicted molar refractivity (Wildman–Crippen MR) is 54.6 cm³/mol. The Morgan fingerprint density at radius 1 is 1.25 bits per heavy atom. The van der Waals surface area contributed by atoms with Gasteiger partial charge in [-0.3, -0.25) is 4.98 Å². The summed E-state index contributed by atoms with van der Waals surface area (Å²) in [6.07, 6.45) is -10.2. The van der Waals surface area contributed by atoms with Gasteiger partial charge >= 0.3 is 18.3 Å². The van der Waals surface area contributed by atoms with Crippen LogP contribution in [0.15, 0.2) is 6.20 Å². The first kappa shape index (κ1) is 16.1. The molecule has 0 fully saturated rings. The highest BCUT2D eigenvalue weighted by atomic mass is 19.4. The summed E-state index contributed by atoms with van der Waals surface area (Å²) in [4.78, 5) is 14.1. The van der Waals surface area contributed by atoms with Crippen molar-refractivity contribution in [2.45, 2.75) is 19.3 Å². The first-order valence-corrected chi connectivity index (χ1v) is 5.10. The van der Waals surface area contributed by atoms with Crippen molar-refractivity contribution in [1.82, 2.24) is 4.98 Å². The number of aromatic nitrogens is 1. The minimum atomic E-state index is -5.14. The Morgan fingerprint density at radius 2 is 1.80 bits per heavy atom. The van der Waals surface area contributed by atoms with Crippen molar-refractivity contribution in [3.05, 3.63) is 23.0 Å². The van der Waals surface area contributed by atoms with Crippen molar-refractivity contribution in [2.24, 2.45) is 0 Å². The number of nitrogen functional groups attached to an aromatic ring is 1. The number of nitrogens with two attached hydrogens (primary N) is 1. The van der Waals surface area contributed by atoms with Crippen molar-refractivity contribution in [3.63, 3.8) is 0 Å². The Balaban J connectivity index is 3.59. The molecule has 10 heteroatoms. The minimum absolute atomic E-state index is 0.0686. The molecule has 2 N–H and O–H groups in total. The standard InChI is InChI=1S/C10H8F6N2O2/c1-2-20-8(19)5-6(17)4(9(11,12)13)3-18-7(5)10(14,15)16/h3H,2H2,1H3,(H2,17,18). The molecule has 0 aliphatic heterocycles. The van der Waals surface area contributed by atoms with Crippen LogP contribution in [0.2, 0.25) is 0 Å². The molecule has 0 aliphatic carbocycles. The van der Waals surface area contributed by atoms with Crippen LogP contribution in [0, 0.1) is 0 Å². The van der Waals surface area contributed by atoms with Crippen LogP contribution in [-0.4, -0.2) is 17.6 Å². The second-order valence-electron chi connectivity index (χ2n) is 3.53. The van der Waals surface area contributed by atoms with E-state index < -0.39 is 40.8 Å². The Labute approximate surface area is 108 Å². The number of ether oxygens (including phenoxy) is 1. The number of esters is 1. The van der Waals surface area contributed by atoms with Crippen molar-refractivity contribution < 1.29 is 35.9 Å². The van der Waals surface area contributed by atoms with E-state index in [9.17, 15) is 31.1 Å². The fraction of sp³-hybridized carbons (Fsp3) is 0.400. The third kappa shape index (κ3) is 3.11. The molecular weight excluding hydrogens is 294 g/mol. The molecule has 0 bridgehead atoms. The van der Waals surface area contributed by atoms with Gasteiger partial charge < -0.3 is 10.5 Å². The average molecular weight is 302 g/mol. The first-order valence-electron chi connectivity index (χ1n) is 5.10. The molecule has 0 spiro atoms. The Hall–Kier alpha value is -2.00. The quantitative estimate of drug-likeness (QED) is 0.674. The zero-order chi connectivity index (χ0) is 15.7. The van der Waals surface area contributed by atoms with E-state index in [-0.39, 0.29) is 12.8 Å². The maximum Gasteiger partial charge on any atom is 0.434 e. The largest absolute Gasteiger partial charge is 0.462 e. The van der Waals surface area contributed by atoms with E-state index >= 15 is 0 Å². The van der Waals surface area contributed by atoms with E-state index in [2.05, 4.69) is 9.72 Å². The summed E-state index contributed by atoms with van der Waals surface area (Å²) in [5, 5.41) is 0. The summed E-state index contributed by atoms with van der Waals surface area (Å²) in [5.41, 5.74) is -1.21. The van der Waals surface area contributed by atoms with E-state index in [4.69, 9.17) is 5.73 Å². The number of pyridine rings is 1. The molecule has 0 saturated carbocycles. The summed E-state index contributed by atoms with van der Waals surface area (Å²) in [7, 11) is 0. The molecule has 0 atom stereocenters. The van der Waals surface area contributed by atoms with E-state index in [1.54, 1.807) is 0 Å². The van der Waals surface area contributed by atoms with Crippen LogP contribution in [0.1, 0.15) is 28.5 Å². The highest BCUT2D eigenvalue weighted by Crippen LogP contribution is 2.39. The third-order valence-electron chi connectivity index (χ3n) is 2.17. The van der Waals surface area contributed by atoms with Gasteiger partial charge in [0.25, 0.3) is 0 Å². The summed E-state index contributed by atoms with van der Waals surface area (Å²) in [6.45, 7) is 0.953.